The van der Waals surface area contributed by atoms with Gasteiger partial charge in [0.05, 0.1) is 0 Å². The van der Waals surface area contributed by atoms with Crippen LogP contribution in [-0.4, -0.2) is 56.5 Å². The number of anilines is 1. The van der Waals surface area contributed by atoms with Crippen LogP contribution in [0.2, 0.25) is 0 Å². The van der Waals surface area contributed by atoms with Crippen molar-refractivity contribution in [2.24, 2.45) is 0 Å². The molecule has 1 saturated heterocycles. The van der Waals surface area contributed by atoms with E-state index in [9.17, 15) is 13.2 Å². The summed E-state index contributed by atoms with van der Waals surface area (Å²) in [5.74, 6) is 0.220. The molecule has 0 atom stereocenters. The molecule has 0 aliphatic carbocycles. The number of hydrogen-bond acceptors (Lipinski definition) is 6. The molecule has 0 bridgehead atoms. The van der Waals surface area contributed by atoms with Gasteiger partial charge in [0, 0.05) is 32.7 Å². The van der Waals surface area contributed by atoms with E-state index in [1.807, 2.05) is 37.8 Å². The Bertz CT molecular complexity index is 1030. The lowest BCUT2D eigenvalue weighted by Gasteiger charge is -2.35. The maximum absolute atomic E-state index is 13.1. The summed E-state index contributed by atoms with van der Waals surface area (Å²) in [6.45, 7) is 9.77. The van der Waals surface area contributed by atoms with Crippen molar-refractivity contribution in [3.63, 3.8) is 0 Å². The molecule has 1 aromatic carbocycles. The summed E-state index contributed by atoms with van der Waals surface area (Å²) in [5.41, 5.74) is 1.03. The minimum atomic E-state index is -4.60. The lowest BCUT2D eigenvalue weighted by Crippen LogP contribution is -2.46. The van der Waals surface area contributed by atoms with E-state index in [2.05, 4.69) is 32.3 Å². The van der Waals surface area contributed by atoms with Crippen molar-refractivity contribution in [1.29, 1.82) is 0 Å². The Labute approximate surface area is 178 Å². The van der Waals surface area contributed by atoms with E-state index in [1.54, 1.807) is 6.07 Å². The van der Waals surface area contributed by atoms with Gasteiger partial charge < -0.3 is 9.64 Å². The van der Waals surface area contributed by atoms with Crippen molar-refractivity contribution >= 4 is 11.5 Å². The van der Waals surface area contributed by atoms with Gasteiger partial charge in [0.2, 0.25) is 0 Å². The van der Waals surface area contributed by atoms with Crippen LogP contribution in [0.15, 0.2) is 36.4 Å². The van der Waals surface area contributed by atoms with Crippen LogP contribution in [0, 0.1) is 0 Å². The second-order valence-electron chi connectivity index (χ2n) is 8.60. The summed E-state index contributed by atoms with van der Waals surface area (Å²) < 4.78 is 45.9. The topological polar surface area (TPSA) is 58.8 Å². The molecule has 3 aromatic rings. The fourth-order valence-corrected chi connectivity index (χ4v) is 3.53. The molecule has 0 amide bonds. The smallest absolute Gasteiger partial charge is 0.453 e. The summed E-state index contributed by atoms with van der Waals surface area (Å²) >= 11 is 0. The molecule has 0 N–H and O–H groups in total. The van der Waals surface area contributed by atoms with E-state index < -0.39 is 12.0 Å². The van der Waals surface area contributed by atoms with E-state index in [4.69, 9.17) is 4.74 Å². The van der Waals surface area contributed by atoms with Crippen LogP contribution in [0.1, 0.15) is 32.2 Å². The predicted octanol–water partition coefficient (Wildman–Crippen LogP) is 3.64. The fraction of sp³-hybridized carbons (Fsp3) is 0.476. The number of benzene rings is 1. The van der Waals surface area contributed by atoms with Gasteiger partial charge in [0.1, 0.15) is 17.2 Å². The lowest BCUT2D eigenvalue weighted by atomic mass is 10.1. The molecule has 0 unspecified atom stereocenters. The number of rotatable bonds is 4. The fourth-order valence-electron chi connectivity index (χ4n) is 3.53. The summed E-state index contributed by atoms with van der Waals surface area (Å²) in [6, 6.07) is 11.3. The van der Waals surface area contributed by atoms with E-state index in [1.165, 1.54) is 11.6 Å². The number of nitrogens with zero attached hydrogens (tertiary/aromatic N) is 6. The van der Waals surface area contributed by atoms with E-state index in [0.29, 0.717) is 18.9 Å². The predicted molar refractivity (Wildman–Crippen MR) is 110 cm³/mol. The molecule has 1 aliphatic heterocycles. The van der Waals surface area contributed by atoms with Gasteiger partial charge in [-0.05, 0) is 50.6 Å². The third-order valence-corrected chi connectivity index (χ3v) is 4.95. The van der Waals surface area contributed by atoms with Crippen LogP contribution in [0.25, 0.3) is 5.65 Å². The molecule has 7 nitrogen and oxygen atoms in total. The maximum Gasteiger partial charge on any atom is 0.453 e. The van der Waals surface area contributed by atoms with Crippen molar-refractivity contribution in [3.05, 3.63) is 47.8 Å². The largest absolute Gasteiger partial charge is 0.488 e. The molecule has 0 radical (unpaired) electrons. The van der Waals surface area contributed by atoms with Crippen LogP contribution in [0.4, 0.5) is 19.0 Å². The number of fused-ring (bicyclic) bond motifs is 1. The average Bonchev–Trinajstić information content (AvgIpc) is 3.13. The minimum absolute atomic E-state index is 0.0774. The Morgan fingerprint density at radius 2 is 1.58 bits per heavy atom. The number of halogens is 3. The molecule has 4 rings (SSSR count). The molecule has 166 valence electrons. The monoisotopic (exact) mass is 434 g/mol. The highest BCUT2D eigenvalue weighted by molar-refractivity contribution is 5.46. The molecule has 2 aromatic heterocycles. The van der Waals surface area contributed by atoms with E-state index >= 15 is 0 Å². The first-order chi connectivity index (χ1) is 14.6. The zero-order valence-electron chi connectivity index (χ0n) is 17.7. The Morgan fingerprint density at radius 1 is 0.903 bits per heavy atom. The molecule has 31 heavy (non-hydrogen) atoms. The van der Waals surface area contributed by atoms with Crippen LogP contribution in [0.3, 0.4) is 0 Å². The second-order valence-corrected chi connectivity index (χ2v) is 8.60. The molecular formula is C21H25F3N6O. The molecular weight excluding hydrogens is 409 g/mol. The van der Waals surface area contributed by atoms with Gasteiger partial charge in [0.15, 0.2) is 5.65 Å². The number of piperazine rings is 1. The van der Waals surface area contributed by atoms with Gasteiger partial charge in [-0.15, -0.1) is 15.3 Å². The Morgan fingerprint density at radius 3 is 2.19 bits per heavy atom. The molecule has 0 spiro atoms. The first-order valence-corrected chi connectivity index (χ1v) is 10.1. The zero-order chi connectivity index (χ0) is 22.2. The third-order valence-electron chi connectivity index (χ3n) is 4.95. The number of alkyl halides is 3. The molecule has 10 heteroatoms. The SMILES string of the molecule is CC(C)(C)Oc1ccc(CN2CCN(c3ccc4nnc(C(F)(F)F)n4n3)CC2)cc1. The quantitative estimate of drug-likeness (QED) is 0.625. The highest BCUT2D eigenvalue weighted by Gasteiger charge is 2.37. The van der Waals surface area contributed by atoms with Crippen LogP contribution in [-0.2, 0) is 12.7 Å². The molecule has 3 heterocycles. The van der Waals surface area contributed by atoms with Crippen LogP contribution < -0.4 is 9.64 Å². The third kappa shape index (κ3) is 5.07. The summed E-state index contributed by atoms with van der Waals surface area (Å²) in [4.78, 5) is 4.30. The van der Waals surface area contributed by atoms with Gasteiger partial charge in [-0.2, -0.15) is 17.7 Å². The highest BCUT2D eigenvalue weighted by atomic mass is 19.4. The van der Waals surface area contributed by atoms with Gasteiger partial charge in [0.25, 0.3) is 5.82 Å². The van der Waals surface area contributed by atoms with Crippen LogP contribution >= 0.6 is 0 Å². The molecule has 1 fully saturated rings. The average molecular weight is 434 g/mol. The first-order valence-electron chi connectivity index (χ1n) is 10.1. The number of aromatic nitrogens is 4. The van der Waals surface area contributed by atoms with Gasteiger partial charge >= 0.3 is 6.18 Å². The zero-order valence-corrected chi connectivity index (χ0v) is 17.7. The second kappa shape index (κ2) is 7.99. The van der Waals surface area contributed by atoms with Crippen molar-refractivity contribution in [2.45, 2.75) is 39.1 Å². The van der Waals surface area contributed by atoms with Crippen LogP contribution in [0.5, 0.6) is 5.75 Å². The van der Waals surface area contributed by atoms with Crippen molar-refractivity contribution in [1.82, 2.24) is 24.7 Å². The summed E-state index contributed by atoms with van der Waals surface area (Å²) in [6.07, 6.45) is -4.60. The minimum Gasteiger partial charge on any atom is -0.488 e. The van der Waals surface area contributed by atoms with Gasteiger partial charge in [-0.1, -0.05) is 12.1 Å². The maximum atomic E-state index is 13.1. The summed E-state index contributed by atoms with van der Waals surface area (Å²) in [7, 11) is 0. The Hall–Kier alpha value is -2.88. The van der Waals surface area contributed by atoms with Crippen molar-refractivity contribution < 1.29 is 17.9 Å². The van der Waals surface area contributed by atoms with Crippen molar-refractivity contribution in [3.8, 4) is 5.75 Å². The first kappa shape index (κ1) is 21.4. The normalized spacial score (nSPS) is 16.1. The number of ether oxygens (including phenoxy) is 1. The van der Waals surface area contributed by atoms with Gasteiger partial charge in [-0.25, -0.2) is 0 Å². The molecule has 1 aliphatic rings. The standard InChI is InChI=1S/C21H25F3N6O/c1-20(2,3)31-16-6-4-15(5-7-16)14-28-10-12-29(13-11-28)18-9-8-17-25-26-19(21(22,23)24)30(17)27-18/h4-9H,10-14H2,1-3H3. The lowest BCUT2D eigenvalue weighted by molar-refractivity contribution is -0.146. The van der Waals surface area contributed by atoms with E-state index in [-0.39, 0.29) is 11.2 Å². The summed E-state index contributed by atoms with van der Waals surface area (Å²) in [5, 5.41) is 10.9. The number of hydrogen-bond donors (Lipinski definition) is 0. The Balaban J connectivity index is 1.37. The Kier molecular flexibility index (Phi) is 5.50. The highest BCUT2D eigenvalue weighted by Crippen LogP contribution is 2.28. The van der Waals surface area contributed by atoms with Gasteiger partial charge in [-0.3, -0.25) is 4.90 Å². The van der Waals surface area contributed by atoms with E-state index in [0.717, 1.165) is 29.9 Å². The molecule has 0 saturated carbocycles. The van der Waals surface area contributed by atoms with Crippen molar-refractivity contribution in [2.75, 3.05) is 31.1 Å².